The van der Waals surface area contributed by atoms with E-state index in [9.17, 15) is 9.59 Å². The van der Waals surface area contributed by atoms with E-state index in [2.05, 4.69) is 0 Å². The first-order chi connectivity index (χ1) is 9.15. The Hall–Kier alpha value is -2.04. The number of benzene rings is 1. The lowest BCUT2D eigenvalue weighted by atomic mass is 10.1. The second-order valence-electron chi connectivity index (χ2n) is 4.62. The maximum atomic E-state index is 11.6. The van der Waals surface area contributed by atoms with E-state index in [4.69, 9.17) is 9.84 Å². The lowest BCUT2D eigenvalue weighted by molar-refractivity contribution is -0.137. The Bertz CT molecular complexity index is 446. The van der Waals surface area contributed by atoms with Gasteiger partial charge in [-0.1, -0.05) is 30.3 Å². The standard InChI is InChI=1S/C14H17NO4/c16-13(17)7-6-12-10-15(14(18)19-12)9-8-11-4-2-1-3-5-11/h1-5,12H,6-10H2,(H,16,17). The summed E-state index contributed by atoms with van der Waals surface area (Å²) in [4.78, 5) is 23.7. The number of ether oxygens (including phenoxy) is 1. The minimum Gasteiger partial charge on any atom is -0.481 e. The molecule has 5 nitrogen and oxygen atoms in total. The fraction of sp³-hybridized carbons (Fsp3) is 0.429. The summed E-state index contributed by atoms with van der Waals surface area (Å²) >= 11 is 0. The van der Waals surface area contributed by atoms with Gasteiger partial charge in [-0.3, -0.25) is 4.79 Å². The number of nitrogens with zero attached hydrogens (tertiary/aromatic N) is 1. The van der Waals surface area contributed by atoms with Gasteiger partial charge in [0.05, 0.1) is 6.54 Å². The maximum Gasteiger partial charge on any atom is 0.410 e. The second kappa shape index (κ2) is 6.22. The monoisotopic (exact) mass is 263 g/mol. The number of hydrogen-bond acceptors (Lipinski definition) is 3. The van der Waals surface area contributed by atoms with Crippen LogP contribution in [0, 0.1) is 0 Å². The Morgan fingerprint density at radius 3 is 2.79 bits per heavy atom. The Kier molecular flexibility index (Phi) is 4.39. The molecule has 1 amide bonds. The van der Waals surface area contributed by atoms with E-state index in [0.717, 1.165) is 6.42 Å². The summed E-state index contributed by atoms with van der Waals surface area (Å²) in [6.07, 6.45) is 0.556. The number of carbonyl (C=O) groups excluding carboxylic acids is 1. The van der Waals surface area contributed by atoms with Gasteiger partial charge in [-0.25, -0.2) is 4.79 Å². The molecular formula is C14H17NO4. The average molecular weight is 263 g/mol. The first-order valence-corrected chi connectivity index (χ1v) is 6.36. The molecular weight excluding hydrogens is 246 g/mol. The third-order valence-corrected chi connectivity index (χ3v) is 3.14. The van der Waals surface area contributed by atoms with E-state index >= 15 is 0 Å². The van der Waals surface area contributed by atoms with E-state index in [0.29, 0.717) is 19.5 Å². The van der Waals surface area contributed by atoms with Gasteiger partial charge >= 0.3 is 12.1 Å². The number of amides is 1. The highest BCUT2D eigenvalue weighted by Gasteiger charge is 2.30. The van der Waals surface area contributed by atoms with Crippen LogP contribution in [0.3, 0.4) is 0 Å². The summed E-state index contributed by atoms with van der Waals surface area (Å²) in [5, 5.41) is 8.60. The van der Waals surface area contributed by atoms with Crippen molar-refractivity contribution < 1.29 is 19.4 Å². The zero-order valence-electron chi connectivity index (χ0n) is 10.6. The fourth-order valence-corrected chi connectivity index (χ4v) is 2.10. The van der Waals surface area contributed by atoms with Crippen LogP contribution in [0.5, 0.6) is 0 Å². The zero-order chi connectivity index (χ0) is 13.7. The topological polar surface area (TPSA) is 66.8 Å². The van der Waals surface area contributed by atoms with Crippen LogP contribution < -0.4 is 0 Å². The summed E-state index contributed by atoms with van der Waals surface area (Å²) in [5.74, 6) is -0.862. The van der Waals surface area contributed by atoms with Gasteiger partial charge in [0.1, 0.15) is 6.10 Å². The molecule has 19 heavy (non-hydrogen) atoms. The van der Waals surface area contributed by atoms with Crippen LogP contribution in [-0.4, -0.2) is 41.3 Å². The van der Waals surface area contributed by atoms with Crippen molar-refractivity contribution in [3.63, 3.8) is 0 Å². The molecule has 0 spiro atoms. The van der Waals surface area contributed by atoms with Gasteiger partial charge in [-0.05, 0) is 18.4 Å². The van der Waals surface area contributed by atoms with Crippen LogP contribution >= 0.6 is 0 Å². The number of aliphatic carboxylic acids is 1. The summed E-state index contributed by atoms with van der Waals surface area (Å²) in [5.41, 5.74) is 1.17. The molecule has 1 aliphatic heterocycles. The van der Waals surface area contributed by atoms with Crippen molar-refractivity contribution in [1.82, 2.24) is 4.90 Å². The Balaban J connectivity index is 1.78. The van der Waals surface area contributed by atoms with Gasteiger partial charge in [0.25, 0.3) is 0 Å². The van der Waals surface area contributed by atoms with Crippen LogP contribution in [0.15, 0.2) is 30.3 Å². The van der Waals surface area contributed by atoms with E-state index in [1.54, 1.807) is 4.90 Å². The first kappa shape index (κ1) is 13.4. The van der Waals surface area contributed by atoms with Crippen molar-refractivity contribution in [2.75, 3.05) is 13.1 Å². The number of cyclic esters (lactones) is 1. The molecule has 1 atom stereocenters. The van der Waals surface area contributed by atoms with Crippen LogP contribution in [0.2, 0.25) is 0 Å². The van der Waals surface area contributed by atoms with Crippen LogP contribution in [0.25, 0.3) is 0 Å². The van der Waals surface area contributed by atoms with Crippen LogP contribution in [0.1, 0.15) is 18.4 Å². The smallest absolute Gasteiger partial charge is 0.410 e. The largest absolute Gasteiger partial charge is 0.481 e. The van der Waals surface area contributed by atoms with Gasteiger partial charge in [-0.15, -0.1) is 0 Å². The van der Waals surface area contributed by atoms with Crippen LogP contribution in [0.4, 0.5) is 4.79 Å². The zero-order valence-corrected chi connectivity index (χ0v) is 10.6. The molecule has 102 valence electrons. The lowest BCUT2D eigenvalue weighted by Crippen LogP contribution is -2.27. The van der Waals surface area contributed by atoms with Gasteiger partial charge in [-0.2, -0.15) is 0 Å². The highest BCUT2D eigenvalue weighted by molar-refractivity contribution is 5.70. The predicted molar refractivity (Wildman–Crippen MR) is 68.9 cm³/mol. The molecule has 5 heteroatoms. The molecule has 1 aromatic carbocycles. The number of hydrogen-bond donors (Lipinski definition) is 1. The maximum absolute atomic E-state index is 11.6. The van der Waals surface area contributed by atoms with Gasteiger partial charge < -0.3 is 14.7 Å². The molecule has 1 N–H and O–H groups in total. The number of carbonyl (C=O) groups is 2. The fourth-order valence-electron chi connectivity index (χ4n) is 2.10. The Labute approximate surface area is 111 Å². The van der Waals surface area contributed by atoms with Crippen molar-refractivity contribution in [3.05, 3.63) is 35.9 Å². The molecule has 0 saturated carbocycles. The third-order valence-electron chi connectivity index (χ3n) is 3.14. The van der Waals surface area contributed by atoms with E-state index in [1.807, 2.05) is 30.3 Å². The van der Waals surface area contributed by atoms with Crippen molar-refractivity contribution in [2.45, 2.75) is 25.4 Å². The van der Waals surface area contributed by atoms with Crippen molar-refractivity contribution >= 4 is 12.1 Å². The minimum absolute atomic E-state index is 0.0322. The summed E-state index contributed by atoms with van der Waals surface area (Å²) in [6.45, 7) is 1.09. The lowest BCUT2D eigenvalue weighted by Gasteiger charge is -2.12. The molecule has 1 heterocycles. The highest BCUT2D eigenvalue weighted by Crippen LogP contribution is 2.16. The highest BCUT2D eigenvalue weighted by atomic mass is 16.6. The van der Waals surface area contributed by atoms with E-state index < -0.39 is 5.97 Å². The molecule has 1 saturated heterocycles. The second-order valence-corrected chi connectivity index (χ2v) is 4.62. The summed E-state index contributed by atoms with van der Waals surface area (Å²) in [7, 11) is 0. The molecule has 0 aromatic heterocycles. The van der Waals surface area contributed by atoms with Gasteiger partial charge in [0.2, 0.25) is 0 Å². The van der Waals surface area contributed by atoms with Crippen molar-refractivity contribution in [2.24, 2.45) is 0 Å². The predicted octanol–water partition coefficient (Wildman–Crippen LogP) is 1.91. The molecule has 0 aliphatic carbocycles. The molecule has 1 aliphatic rings. The molecule has 0 bridgehead atoms. The van der Waals surface area contributed by atoms with Gasteiger partial charge in [0, 0.05) is 13.0 Å². The molecule has 0 radical (unpaired) electrons. The normalized spacial score (nSPS) is 18.4. The van der Waals surface area contributed by atoms with Crippen molar-refractivity contribution in [1.29, 1.82) is 0 Å². The van der Waals surface area contributed by atoms with Crippen LogP contribution in [-0.2, 0) is 16.0 Å². The molecule has 1 fully saturated rings. The number of rotatable bonds is 6. The van der Waals surface area contributed by atoms with Gasteiger partial charge in [0.15, 0.2) is 0 Å². The molecule has 2 rings (SSSR count). The minimum atomic E-state index is -0.862. The van der Waals surface area contributed by atoms with E-state index in [1.165, 1.54) is 5.56 Å². The first-order valence-electron chi connectivity index (χ1n) is 6.36. The Morgan fingerprint density at radius 1 is 1.37 bits per heavy atom. The number of carboxylic acids is 1. The SMILES string of the molecule is O=C(O)CCC1CN(CCc2ccccc2)C(=O)O1. The quantitative estimate of drug-likeness (QED) is 0.851. The van der Waals surface area contributed by atoms with E-state index in [-0.39, 0.29) is 18.6 Å². The van der Waals surface area contributed by atoms with Crippen molar-refractivity contribution in [3.8, 4) is 0 Å². The molecule has 1 unspecified atom stereocenters. The third kappa shape index (κ3) is 3.98. The average Bonchev–Trinajstić information content (AvgIpc) is 2.76. The molecule has 1 aromatic rings. The Morgan fingerprint density at radius 2 is 2.11 bits per heavy atom. The summed E-state index contributed by atoms with van der Waals surface area (Å²) in [6, 6.07) is 9.92. The number of carboxylic acid groups (broad SMARTS) is 1. The summed E-state index contributed by atoms with van der Waals surface area (Å²) < 4.78 is 5.14.